The first-order chi connectivity index (χ1) is 12.4. The first-order valence-corrected chi connectivity index (χ1v) is 8.78. The summed E-state index contributed by atoms with van der Waals surface area (Å²) in [7, 11) is 0. The molecule has 6 nitrogen and oxygen atoms in total. The zero-order valence-electron chi connectivity index (χ0n) is 14.4. The molecule has 3 rings (SSSR count). The SMILES string of the molecule is O=[N+]([O-])c1ccc(N2CCCN(C3CCOCC3)CC2)cc1C(F)(F)F. The van der Waals surface area contributed by atoms with Crippen molar-refractivity contribution in [3.8, 4) is 0 Å². The Hall–Kier alpha value is -1.87. The molecule has 2 aliphatic rings. The number of rotatable bonds is 3. The lowest BCUT2D eigenvalue weighted by Crippen LogP contribution is -2.41. The van der Waals surface area contributed by atoms with Crippen molar-refractivity contribution in [2.24, 2.45) is 0 Å². The quantitative estimate of drug-likeness (QED) is 0.601. The molecular weight excluding hydrogens is 351 g/mol. The van der Waals surface area contributed by atoms with Gasteiger partial charge in [-0.1, -0.05) is 0 Å². The van der Waals surface area contributed by atoms with Gasteiger partial charge in [0.2, 0.25) is 0 Å². The van der Waals surface area contributed by atoms with Crippen LogP contribution in [0.5, 0.6) is 0 Å². The minimum absolute atomic E-state index is 0.386. The molecule has 2 fully saturated rings. The summed E-state index contributed by atoms with van der Waals surface area (Å²) >= 11 is 0. The lowest BCUT2D eigenvalue weighted by Gasteiger charge is -2.33. The van der Waals surface area contributed by atoms with Gasteiger partial charge in [-0.05, 0) is 31.4 Å². The van der Waals surface area contributed by atoms with Crippen LogP contribution >= 0.6 is 0 Å². The van der Waals surface area contributed by atoms with Crippen molar-refractivity contribution < 1.29 is 22.8 Å². The van der Waals surface area contributed by atoms with E-state index in [1.54, 1.807) is 0 Å². The summed E-state index contributed by atoms with van der Waals surface area (Å²) in [5.41, 5.74) is -1.71. The van der Waals surface area contributed by atoms with E-state index < -0.39 is 22.4 Å². The summed E-state index contributed by atoms with van der Waals surface area (Å²) < 4.78 is 45.0. The Bertz CT molecular complexity index is 648. The van der Waals surface area contributed by atoms with E-state index in [1.165, 1.54) is 6.07 Å². The Balaban J connectivity index is 1.75. The van der Waals surface area contributed by atoms with Gasteiger partial charge in [0.25, 0.3) is 5.69 Å². The third-order valence-electron chi connectivity index (χ3n) is 5.09. The summed E-state index contributed by atoms with van der Waals surface area (Å²) in [6.07, 6.45) is -1.94. The Kier molecular flexibility index (Phi) is 5.67. The lowest BCUT2D eigenvalue weighted by molar-refractivity contribution is -0.388. The average molecular weight is 373 g/mol. The van der Waals surface area contributed by atoms with Crippen LogP contribution in [-0.2, 0) is 10.9 Å². The van der Waals surface area contributed by atoms with Crippen LogP contribution in [0.15, 0.2) is 18.2 Å². The number of hydrogen-bond acceptors (Lipinski definition) is 5. The first-order valence-electron chi connectivity index (χ1n) is 8.78. The largest absolute Gasteiger partial charge is 0.423 e. The molecule has 26 heavy (non-hydrogen) atoms. The van der Waals surface area contributed by atoms with E-state index in [0.717, 1.165) is 57.7 Å². The zero-order valence-corrected chi connectivity index (χ0v) is 14.4. The van der Waals surface area contributed by atoms with E-state index in [2.05, 4.69) is 4.90 Å². The molecule has 1 aromatic carbocycles. The van der Waals surface area contributed by atoms with Crippen molar-refractivity contribution >= 4 is 11.4 Å². The van der Waals surface area contributed by atoms with Gasteiger partial charge in [0.1, 0.15) is 5.56 Å². The van der Waals surface area contributed by atoms with Crippen LogP contribution < -0.4 is 4.90 Å². The molecule has 0 atom stereocenters. The van der Waals surface area contributed by atoms with E-state index in [9.17, 15) is 23.3 Å². The Morgan fingerprint density at radius 3 is 2.50 bits per heavy atom. The number of nitro benzene ring substituents is 1. The fourth-order valence-electron chi connectivity index (χ4n) is 3.72. The van der Waals surface area contributed by atoms with Crippen molar-refractivity contribution in [3.05, 3.63) is 33.9 Å². The van der Waals surface area contributed by atoms with Crippen molar-refractivity contribution in [2.45, 2.75) is 31.5 Å². The number of hydrogen-bond donors (Lipinski definition) is 0. The topological polar surface area (TPSA) is 58.9 Å². The van der Waals surface area contributed by atoms with Crippen LogP contribution in [0.25, 0.3) is 0 Å². The molecule has 2 aliphatic heterocycles. The number of anilines is 1. The molecule has 0 saturated carbocycles. The number of nitrogens with zero attached hydrogens (tertiary/aromatic N) is 3. The minimum Gasteiger partial charge on any atom is -0.381 e. The highest BCUT2D eigenvalue weighted by Gasteiger charge is 2.39. The molecule has 0 unspecified atom stereocenters. The predicted octanol–water partition coefficient (Wildman–Crippen LogP) is 3.30. The smallest absolute Gasteiger partial charge is 0.381 e. The fourth-order valence-corrected chi connectivity index (χ4v) is 3.72. The van der Waals surface area contributed by atoms with Gasteiger partial charge in [-0.3, -0.25) is 15.0 Å². The highest BCUT2D eigenvalue weighted by atomic mass is 19.4. The summed E-state index contributed by atoms with van der Waals surface area (Å²) in [5.74, 6) is 0. The molecule has 0 spiro atoms. The van der Waals surface area contributed by atoms with Crippen LogP contribution in [0, 0.1) is 10.1 Å². The maximum atomic E-state index is 13.2. The molecule has 2 heterocycles. The molecule has 0 aromatic heterocycles. The van der Waals surface area contributed by atoms with E-state index in [0.29, 0.717) is 24.8 Å². The maximum absolute atomic E-state index is 13.2. The minimum atomic E-state index is -4.75. The molecule has 0 N–H and O–H groups in total. The van der Waals surface area contributed by atoms with E-state index in [1.807, 2.05) is 4.90 Å². The van der Waals surface area contributed by atoms with Gasteiger partial charge in [-0.15, -0.1) is 0 Å². The second kappa shape index (κ2) is 7.79. The highest BCUT2D eigenvalue weighted by Crippen LogP contribution is 2.38. The Labute approximate surface area is 149 Å². The van der Waals surface area contributed by atoms with Crippen LogP contribution in [-0.4, -0.2) is 55.3 Å². The third kappa shape index (κ3) is 4.27. The van der Waals surface area contributed by atoms with E-state index >= 15 is 0 Å². The van der Waals surface area contributed by atoms with Gasteiger partial charge in [0.15, 0.2) is 0 Å². The van der Waals surface area contributed by atoms with Crippen LogP contribution in [0.2, 0.25) is 0 Å². The number of ether oxygens (including phenoxy) is 1. The normalized spacial score (nSPS) is 20.8. The number of benzene rings is 1. The molecule has 2 saturated heterocycles. The molecule has 144 valence electrons. The van der Waals surface area contributed by atoms with Crippen molar-refractivity contribution in [1.82, 2.24) is 4.90 Å². The lowest BCUT2D eigenvalue weighted by atomic mass is 10.1. The van der Waals surface area contributed by atoms with E-state index in [-0.39, 0.29) is 0 Å². The van der Waals surface area contributed by atoms with Crippen molar-refractivity contribution in [1.29, 1.82) is 0 Å². The van der Waals surface area contributed by atoms with Gasteiger partial charge in [-0.25, -0.2) is 0 Å². The first kappa shape index (κ1) is 18.9. The Morgan fingerprint density at radius 1 is 1.12 bits per heavy atom. The highest BCUT2D eigenvalue weighted by molar-refractivity contribution is 5.56. The van der Waals surface area contributed by atoms with Crippen LogP contribution in [0.1, 0.15) is 24.8 Å². The van der Waals surface area contributed by atoms with Crippen LogP contribution in [0.4, 0.5) is 24.5 Å². The molecule has 1 aromatic rings. The summed E-state index contributed by atoms with van der Waals surface area (Å²) in [6.45, 7) is 4.41. The maximum Gasteiger partial charge on any atom is 0.423 e. The Morgan fingerprint density at radius 2 is 1.85 bits per heavy atom. The number of nitro groups is 1. The number of halogens is 3. The van der Waals surface area contributed by atoms with Crippen molar-refractivity contribution in [2.75, 3.05) is 44.3 Å². The molecule has 0 amide bonds. The van der Waals surface area contributed by atoms with Crippen LogP contribution in [0.3, 0.4) is 0 Å². The second-order valence-corrected chi connectivity index (χ2v) is 6.68. The molecule has 0 radical (unpaired) electrons. The summed E-state index contributed by atoms with van der Waals surface area (Å²) in [4.78, 5) is 14.2. The van der Waals surface area contributed by atoms with Gasteiger partial charge in [-0.2, -0.15) is 13.2 Å². The zero-order chi connectivity index (χ0) is 18.7. The van der Waals surface area contributed by atoms with Gasteiger partial charge < -0.3 is 9.64 Å². The number of alkyl halides is 3. The summed E-state index contributed by atoms with van der Waals surface area (Å²) in [5, 5.41) is 10.9. The predicted molar refractivity (Wildman–Crippen MR) is 90.3 cm³/mol. The van der Waals surface area contributed by atoms with Gasteiger partial charge in [0.05, 0.1) is 4.92 Å². The third-order valence-corrected chi connectivity index (χ3v) is 5.09. The monoisotopic (exact) mass is 373 g/mol. The standard InChI is InChI=1S/C17H22F3N3O3/c18-17(19,20)15-12-14(2-3-16(15)23(24)25)22-7-1-6-21(8-9-22)13-4-10-26-11-5-13/h2-3,12-13H,1,4-11H2. The molecule has 0 bridgehead atoms. The summed E-state index contributed by atoms with van der Waals surface area (Å²) in [6, 6.07) is 3.74. The van der Waals surface area contributed by atoms with Crippen molar-refractivity contribution in [3.63, 3.8) is 0 Å². The average Bonchev–Trinajstić information content (AvgIpc) is 2.87. The van der Waals surface area contributed by atoms with E-state index in [4.69, 9.17) is 4.74 Å². The molecule has 0 aliphatic carbocycles. The second-order valence-electron chi connectivity index (χ2n) is 6.68. The van der Waals surface area contributed by atoms with Gasteiger partial charge >= 0.3 is 6.18 Å². The van der Waals surface area contributed by atoms with Gasteiger partial charge in [0, 0.05) is 57.2 Å². The molecule has 9 heteroatoms. The molecular formula is C17H22F3N3O3. The fraction of sp³-hybridized carbons (Fsp3) is 0.647.